The van der Waals surface area contributed by atoms with E-state index in [2.05, 4.69) is 22.0 Å². The standard InChI is InChI=1S/C13H18BrNO2S/c1-9-4-5-15(7-12(9)16)13(17)3-2-11-6-10(14)8-18-11/h6,8-9,12,16H,2-5,7H2,1H3. The van der Waals surface area contributed by atoms with Crippen LogP contribution < -0.4 is 0 Å². The number of β-amino-alcohol motifs (C(OH)–C–C–N with tert-alkyl or cyclic N) is 1. The van der Waals surface area contributed by atoms with E-state index in [4.69, 9.17) is 0 Å². The number of halogens is 1. The van der Waals surface area contributed by atoms with Gasteiger partial charge < -0.3 is 10.0 Å². The molecule has 0 aromatic carbocycles. The molecule has 1 N–H and O–H groups in total. The highest BCUT2D eigenvalue weighted by Crippen LogP contribution is 2.22. The Balaban J connectivity index is 1.81. The van der Waals surface area contributed by atoms with Gasteiger partial charge in [0.1, 0.15) is 0 Å². The molecule has 1 aliphatic heterocycles. The van der Waals surface area contributed by atoms with E-state index in [1.54, 1.807) is 16.2 Å². The molecule has 2 rings (SSSR count). The predicted octanol–water partition coefficient (Wildman–Crippen LogP) is 2.67. The van der Waals surface area contributed by atoms with Crippen molar-refractivity contribution in [3.05, 3.63) is 20.8 Å². The molecule has 5 heteroatoms. The Labute approximate surface area is 120 Å². The summed E-state index contributed by atoms with van der Waals surface area (Å²) in [7, 11) is 0. The maximum Gasteiger partial charge on any atom is 0.223 e. The van der Waals surface area contributed by atoms with Gasteiger partial charge in [-0.05, 0) is 40.8 Å². The first-order chi connectivity index (χ1) is 8.56. The van der Waals surface area contributed by atoms with Crippen LogP contribution in [0.3, 0.4) is 0 Å². The average Bonchev–Trinajstić information content (AvgIpc) is 2.75. The van der Waals surface area contributed by atoms with E-state index in [0.29, 0.717) is 18.9 Å². The molecule has 1 saturated heterocycles. The van der Waals surface area contributed by atoms with Gasteiger partial charge in [0.05, 0.1) is 6.10 Å². The molecule has 0 saturated carbocycles. The van der Waals surface area contributed by atoms with Gasteiger partial charge in [-0.3, -0.25) is 4.79 Å². The molecule has 1 aromatic rings. The predicted molar refractivity (Wildman–Crippen MR) is 76.7 cm³/mol. The summed E-state index contributed by atoms with van der Waals surface area (Å²) in [5.41, 5.74) is 0. The molecular weight excluding hydrogens is 314 g/mol. The number of aliphatic hydroxyl groups is 1. The minimum atomic E-state index is -0.362. The van der Waals surface area contributed by atoms with E-state index in [1.165, 1.54) is 4.88 Å². The monoisotopic (exact) mass is 331 g/mol. The lowest BCUT2D eigenvalue weighted by molar-refractivity contribution is -0.135. The molecule has 3 nitrogen and oxygen atoms in total. The summed E-state index contributed by atoms with van der Waals surface area (Å²) in [5, 5.41) is 11.8. The summed E-state index contributed by atoms with van der Waals surface area (Å²) in [6, 6.07) is 2.06. The second-order valence-corrected chi connectivity index (χ2v) is 6.82. The topological polar surface area (TPSA) is 40.5 Å². The van der Waals surface area contributed by atoms with Crippen molar-refractivity contribution < 1.29 is 9.90 Å². The number of piperidine rings is 1. The quantitative estimate of drug-likeness (QED) is 0.925. The fourth-order valence-corrected chi connectivity index (χ4v) is 3.60. The van der Waals surface area contributed by atoms with E-state index in [1.807, 2.05) is 12.3 Å². The lowest BCUT2D eigenvalue weighted by Crippen LogP contribution is -2.45. The second-order valence-electron chi connectivity index (χ2n) is 4.90. The molecule has 1 fully saturated rings. The van der Waals surface area contributed by atoms with Crippen LogP contribution in [0, 0.1) is 5.92 Å². The second kappa shape index (κ2) is 6.17. The number of hydrogen-bond donors (Lipinski definition) is 1. The highest BCUT2D eigenvalue weighted by atomic mass is 79.9. The van der Waals surface area contributed by atoms with Crippen molar-refractivity contribution in [2.45, 2.75) is 32.3 Å². The maximum absolute atomic E-state index is 12.0. The lowest BCUT2D eigenvalue weighted by Gasteiger charge is -2.34. The lowest BCUT2D eigenvalue weighted by atomic mass is 9.96. The normalized spacial score (nSPS) is 24.3. The Morgan fingerprint density at radius 3 is 3.06 bits per heavy atom. The Bertz CT molecular complexity index is 421. The molecule has 100 valence electrons. The van der Waals surface area contributed by atoms with Crippen molar-refractivity contribution >= 4 is 33.2 Å². The van der Waals surface area contributed by atoms with Gasteiger partial charge in [0.2, 0.25) is 5.91 Å². The SMILES string of the molecule is CC1CCN(C(=O)CCc2cc(Br)cs2)CC1O. The van der Waals surface area contributed by atoms with Crippen molar-refractivity contribution in [3.8, 4) is 0 Å². The van der Waals surface area contributed by atoms with Gasteiger partial charge in [-0.1, -0.05) is 6.92 Å². The van der Waals surface area contributed by atoms with Gasteiger partial charge in [-0.15, -0.1) is 11.3 Å². The van der Waals surface area contributed by atoms with E-state index in [9.17, 15) is 9.90 Å². The first-order valence-electron chi connectivity index (χ1n) is 6.25. The van der Waals surface area contributed by atoms with Crippen molar-refractivity contribution in [2.24, 2.45) is 5.92 Å². The number of hydrogen-bond acceptors (Lipinski definition) is 3. The first-order valence-corrected chi connectivity index (χ1v) is 7.92. The molecule has 0 spiro atoms. The Hall–Kier alpha value is -0.390. The fourth-order valence-electron chi connectivity index (χ4n) is 2.15. The van der Waals surface area contributed by atoms with E-state index >= 15 is 0 Å². The third-order valence-electron chi connectivity index (χ3n) is 3.48. The van der Waals surface area contributed by atoms with Crippen LogP contribution >= 0.6 is 27.3 Å². The van der Waals surface area contributed by atoms with Crippen LogP contribution in [0.15, 0.2) is 15.9 Å². The zero-order valence-electron chi connectivity index (χ0n) is 10.4. The van der Waals surface area contributed by atoms with Gasteiger partial charge in [0.25, 0.3) is 0 Å². The fraction of sp³-hybridized carbons (Fsp3) is 0.615. The van der Waals surface area contributed by atoms with Crippen LogP contribution in [0.1, 0.15) is 24.6 Å². The Morgan fingerprint density at radius 2 is 2.44 bits per heavy atom. The summed E-state index contributed by atoms with van der Waals surface area (Å²) in [6.45, 7) is 3.31. The van der Waals surface area contributed by atoms with Crippen molar-refractivity contribution in [1.29, 1.82) is 0 Å². The number of aryl methyl sites for hydroxylation is 1. The zero-order chi connectivity index (χ0) is 13.1. The summed E-state index contributed by atoms with van der Waals surface area (Å²) in [6.07, 6.45) is 1.86. The summed E-state index contributed by atoms with van der Waals surface area (Å²) >= 11 is 5.08. The molecule has 1 aromatic heterocycles. The number of nitrogens with zero attached hydrogens (tertiary/aromatic N) is 1. The molecule has 18 heavy (non-hydrogen) atoms. The van der Waals surface area contributed by atoms with Crippen LogP contribution in [-0.4, -0.2) is 35.1 Å². The van der Waals surface area contributed by atoms with Gasteiger partial charge in [-0.2, -0.15) is 0 Å². The van der Waals surface area contributed by atoms with Crippen LogP contribution in [-0.2, 0) is 11.2 Å². The molecule has 1 amide bonds. The number of thiophene rings is 1. The number of aliphatic hydroxyl groups excluding tert-OH is 1. The van der Waals surface area contributed by atoms with Crippen LogP contribution in [0.4, 0.5) is 0 Å². The maximum atomic E-state index is 12.0. The van der Waals surface area contributed by atoms with E-state index < -0.39 is 0 Å². The minimum absolute atomic E-state index is 0.158. The number of amides is 1. The number of carbonyl (C=O) groups is 1. The van der Waals surface area contributed by atoms with Crippen molar-refractivity contribution in [1.82, 2.24) is 4.90 Å². The van der Waals surface area contributed by atoms with E-state index in [0.717, 1.165) is 23.9 Å². The number of rotatable bonds is 3. The van der Waals surface area contributed by atoms with Crippen molar-refractivity contribution in [3.63, 3.8) is 0 Å². The van der Waals surface area contributed by atoms with Crippen LogP contribution in [0.5, 0.6) is 0 Å². The largest absolute Gasteiger partial charge is 0.391 e. The minimum Gasteiger partial charge on any atom is -0.391 e. The highest BCUT2D eigenvalue weighted by Gasteiger charge is 2.26. The third-order valence-corrected chi connectivity index (χ3v) is 5.24. The molecular formula is C13H18BrNO2S. The molecule has 2 unspecified atom stereocenters. The van der Waals surface area contributed by atoms with Gasteiger partial charge in [0, 0.05) is 34.2 Å². The molecule has 2 atom stereocenters. The Morgan fingerprint density at radius 1 is 1.67 bits per heavy atom. The average molecular weight is 332 g/mol. The highest BCUT2D eigenvalue weighted by molar-refractivity contribution is 9.10. The molecule has 0 bridgehead atoms. The molecule has 0 radical (unpaired) electrons. The van der Waals surface area contributed by atoms with Crippen LogP contribution in [0.2, 0.25) is 0 Å². The van der Waals surface area contributed by atoms with Crippen LogP contribution in [0.25, 0.3) is 0 Å². The first kappa shape index (κ1) is 14.0. The third kappa shape index (κ3) is 3.56. The van der Waals surface area contributed by atoms with Gasteiger partial charge >= 0.3 is 0 Å². The number of carbonyl (C=O) groups excluding carboxylic acids is 1. The molecule has 2 heterocycles. The van der Waals surface area contributed by atoms with E-state index in [-0.39, 0.29) is 12.0 Å². The number of likely N-dealkylation sites (tertiary alicyclic amines) is 1. The smallest absolute Gasteiger partial charge is 0.223 e. The van der Waals surface area contributed by atoms with Gasteiger partial charge in [0.15, 0.2) is 0 Å². The summed E-state index contributed by atoms with van der Waals surface area (Å²) in [5.74, 6) is 0.466. The van der Waals surface area contributed by atoms with Crippen molar-refractivity contribution in [2.75, 3.05) is 13.1 Å². The summed E-state index contributed by atoms with van der Waals surface area (Å²) < 4.78 is 1.08. The molecule has 1 aliphatic rings. The molecule has 0 aliphatic carbocycles. The Kier molecular flexibility index (Phi) is 4.81. The summed E-state index contributed by atoms with van der Waals surface area (Å²) in [4.78, 5) is 15.1. The van der Waals surface area contributed by atoms with Gasteiger partial charge in [-0.25, -0.2) is 0 Å². The zero-order valence-corrected chi connectivity index (χ0v) is 12.8.